The van der Waals surface area contributed by atoms with E-state index in [0.717, 1.165) is 32.7 Å². The van der Waals surface area contributed by atoms with Crippen LogP contribution in [0.1, 0.15) is 6.42 Å². The Morgan fingerprint density at radius 2 is 1.88 bits per heavy atom. The molecule has 1 aromatic carbocycles. The molecule has 2 aliphatic heterocycles. The molecule has 0 bridgehead atoms. The standard InChI is InChI=1S/C17H25N3O5S/c21-17(19-6-9-20-7-4-18-5-8-20)3-12-26(22,23)14-1-2-15-16(13-14)25-11-10-24-15/h1-2,13,18H,3-12H2,(H,19,21). The molecular weight excluding hydrogens is 358 g/mol. The van der Waals surface area contributed by atoms with Crippen LogP contribution in [0.2, 0.25) is 0 Å². The third-order valence-corrected chi connectivity index (χ3v) is 6.14. The molecule has 0 aromatic heterocycles. The Hall–Kier alpha value is -1.84. The van der Waals surface area contributed by atoms with Crippen molar-refractivity contribution < 1.29 is 22.7 Å². The highest BCUT2D eigenvalue weighted by molar-refractivity contribution is 7.91. The van der Waals surface area contributed by atoms with Crippen molar-refractivity contribution >= 4 is 15.7 Å². The number of benzene rings is 1. The van der Waals surface area contributed by atoms with Crippen LogP contribution in [0.3, 0.4) is 0 Å². The van der Waals surface area contributed by atoms with Crippen LogP contribution in [0, 0.1) is 0 Å². The van der Waals surface area contributed by atoms with Crippen LogP contribution in [0.15, 0.2) is 23.1 Å². The number of fused-ring (bicyclic) bond motifs is 1. The average Bonchev–Trinajstić information content (AvgIpc) is 2.67. The molecule has 0 saturated carbocycles. The van der Waals surface area contributed by atoms with Crippen molar-refractivity contribution in [1.29, 1.82) is 0 Å². The second kappa shape index (κ2) is 8.70. The normalized spacial score (nSPS) is 17.7. The maximum atomic E-state index is 12.5. The van der Waals surface area contributed by atoms with Crippen LogP contribution >= 0.6 is 0 Å². The van der Waals surface area contributed by atoms with Gasteiger partial charge in [0.1, 0.15) is 13.2 Å². The zero-order valence-electron chi connectivity index (χ0n) is 14.7. The third kappa shape index (κ3) is 5.09. The van der Waals surface area contributed by atoms with Gasteiger partial charge < -0.3 is 20.1 Å². The van der Waals surface area contributed by atoms with Crippen LogP contribution in [0.25, 0.3) is 0 Å². The van der Waals surface area contributed by atoms with Gasteiger partial charge in [-0.15, -0.1) is 0 Å². The lowest BCUT2D eigenvalue weighted by atomic mass is 10.3. The summed E-state index contributed by atoms with van der Waals surface area (Å²) in [6, 6.07) is 4.55. The van der Waals surface area contributed by atoms with Gasteiger partial charge in [0.25, 0.3) is 0 Å². The molecule has 0 spiro atoms. The van der Waals surface area contributed by atoms with E-state index in [1.54, 1.807) is 6.07 Å². The Balaban J connectivity index is 1.46. The Morgan fingerprint density at radius 1 is 1.15 bits per heavy atom. The van der Waals surface area contributed by atoms with Gasteiger partial charge in [-0.2, -0.15) is 0 Å². The third-order valence-electron chi connectivity index (χ3n) is 4.43. The first-order chi connectivity index (χ1) is 12.5. The second-order valence-corrected chi connectivity index (χ2v) is 8.43. The number of carbonyl (C=O) groups excluding carboxylic acids is 1. The van der Waals surface area contributed by atoms with E-state index in [2.05, 4.69) is 15.5 Å². The second-order valence-electron chi connectivity index (χ2n) is 6.32. The van der Waals surface area contributed by atoms with Gasteiger partial charge in [-0.3, -0.25) is 9.69 Å². The number of piperazine rings is 1. The number of ether oxygens (including phenoxy) is 2. The van der Waals surface area contributed by atoms with Crippen LogP contribution < -0.4 is 20.1 Å². The molecule has 2 N–H and O–H groups in total. The van der Waals surface area contributed by atoms with Crippen molar-refractivity contribution in [2.75, 3.05) is 58.2 Å². The number of carbonyl (C=O) groups is 1. The van der Waals surface area contributed by atoms with Gasteiger partial charge in [-0.05, 0) is 12.1 Å². The summed E-state index contributed by atoms with van der Waals surface area (Å²) in [5, 5.41) is 6.07. The zero-order chi connectivity index (χ0) is 18.4. The molecule has 26 heavy (non-hydrogen) atoms. The average molecular weight is 383 g/mol. The van der Waals surface area contributed by atoms with Crippen LogP contribution in [-0.4, -0.2) is 77.5 Å². The zero-order valence-corrected chi connectivity index (χ0v) is 15.5. The number of nitrogens with one attached hydrogen (secondary N) is 2. The van der Waals surface area contributed by atoms with E-state index in [1.165, 1.54) is 12.1 Å². The Morgan fingerprint density at radius 3 is 2.65 bits per heavy atom. The van der Waals surface area contributed by atoms with E-state index >= 15 is 0 Å². The predicted octanol–water partition coefficient (Wildman–Crippen LogP) is -0.357. The molecule has 0 aliphatic carbocycles. The van der Waals surface area contributed by atoms with Gasteiger partial charge in [0.15, 0.2) is 21.3 Å². The summed E-state index contributed by atoms with van der Waals surface area (Å²) in [6.45, 7) is 6.01. The van der Waals surface area contributed by atoms with Crippen LogP contribution in [0.5, 0.6) is 11.5 Å². The fourth-order valence-corrected chi connectivity index (χ4v) is 4.19. The molecule has 144 valence electrons. The summed E-state index contributed by atoms with van der Waals surface area (Å²) in [5.74, 6) is 0.492. The van der Waals surface area contributed by atoms with Crippen molar-refractivity contribution in [3.63, 3.8) is 0 Å². The molecule has 3 rings (SSSR count). The molecular formula is C17H25N3O5S. The quantitative estimate of drug-likeness (QED) is 0.664. The largest absolute Gasteiger partial charge is 0.486 e. The maximum Gasteiger partial charge on any atom is 0.221 e. The Bertz CT molecular complexity index is 732. The van der Waals surface area contributed by atoms with E-state index < -0.39 is 9.84 Å². The monoisotopic (exact) mass is 383 g/mol. The SMILES string of the molecule is O=C(CCS(=O)(=O)c1ccc2c(c1)OCCO2)NCCN1CCNCC1. The topological polar surface area (TPSA) is 97.0 Å². The lowest BCUT2D eigenvalue weighted by Crippen LogP contribution is -2.46. The smallest absolute Gasteiger partial charge is 0.221 e. The fourth-order valence-electron chi connectivity index (χ4n) is 2.94. The Labute approximate surface area is 153 Å². The highest BCUT2D eigenvalue weighted by Gasteiger charge is 2.20. The minimum Gasteiger partial charge on any atom is -0.486 e. The predicted molar refractivity (Wildman–Crippen MR) is 96.4 cm³/mol. The summed E-state index contributed by atoms with van der Waals surface area (Å²) in [4.78, 5) is 14.4. The van der Waals surface area contributed by atoms with Crippen LogP contribution in [-0.2, 0) is 14.6 Å². The van der Waals surface area contributed by atoms with Gasteiger partial charge in [0.05, 0.1) is 10.6 Å². The first-order valence-corrected chi connectivity index (χ1v) is 10.5. The molecule has 9 heteroatoms. The molecule has 1 fully saturated rings. The lowest BCUT2D eigenvalue weighted by molar-refractivity contribution is -0.120. The van der Waals surface area contributed by atoms with Gasteiger partial charge in [-0.25, -0.2) is 8.42 Å². The van der Waals surface area contributed by atoms with Gasteiger partial charge >= 0.3 is 0 Å². The molecule has 1 amide bonds. The lowest BCUT2D eigenvalue weighted by Gasteiger charge is -2.27. The highest BCUT2D eigenvalue weighted by atomic mass is 32.2. The number of amides is 1. The Kier molecular flexibility index (Phi) is 6.33. The molecule has 2 aliphatic rings. The van der Waals surface area contributed by atoms with Crippen molar-refractivity contribution in [2.24, 2.45) is 0 Å². The van der Waals surface area contributed by atoms with Gasteiger partial charge in [0.2, 0.25) is 5.91 Å². The molecule has 2 heterocycles. The molecule has 1 aromatic rings. The summed E-state index contributed by atoms with van der Waals surface area (Å²) >= 11 is 0. The molecule has 1 saturated heterocycles. The number of rotatable bonds is 7. The minimum absolute atomic E-state index is 0.0572. The summed E-state index contributed by atoms with van der Waals surface area (Å²) in [7, 11) is -3.55. The van der Waals surface area contributed by atoms with Crippen molar-refractivity contribution in [3.8, 4) is 11.5 Å². The van der Waals surface area contributed by atoms with Crippen LogP contribution in [0.4, 0.5) is 0 Å². The number of sulfone groups is 1. The maximum absolute atomic E-state index is 12.5. The van der Waals surface area contributed by atoms with Crippen molar-refractivity contribution in [1.82, 2.24) is 15.5 Å². The first-order valence-electron chi connectivity index (χ1n) is 8.87. The van der Waals surface area contributed by atoms with E-state index in [0.29, 0.717) is 31.3 Å². The van der Waals surface area contributed by atoms with E-state index in [9.17, 15) is 13.2 Å². The molecule has 0 unspecified atom stereocenters. The van der Waals surface area contributed by atoms with Crippen molar-refractivity contribution in [2.45, 2.75) is 11.3 Å². The summed E-state index contributed by atoms with van der Waals surface area (Å²) in [6.07, 6.45) is -0.0572. The fraction of sp³-hybridized carbons (Fsp3) is 0.588. The van der Waals surface area contributed by atoms with Gasteiger partial charge in [-0.1, -0.05) is 0 Å². The number of nitrogens with zero attached hydrogens (tertiary/aromatic N) is 1. The number of hydrogen-bond acceptors (Lipinski definition) is 7. The van der Waals surface area contributed by atoms with E-state index in [4.69, 9.17) is 9.47 Å². The highest BCUT2D eigenvalue weighted by Crippen LogP contribution is 2.32. The van der Waals surface area contributed by atoms with Crippen molar-refractivity contribution in [3.05, 3.63) is 18.2 Å². The molecule has 0 radical (unpaired) electrons. The van der Waals surface area contributed by atoms with E-state index in [1.807, 2.05) is 0 Å². The molecule has 8 nitrogen and oxygen atoms in total. The number of hydrogen-bond donors (Lipinski definition) is 2. The van der Waals surface area contributed by atoms with Gasteiger partial charge in [0, 0.05) is 51.8 Å². The summed E-state index contributed by atoms with van der Waals surface area (Å²) < 4.78 is 35.7. The summed E-state index contributed by atoms with van der Waals surface area (Å²) in [5.41, 5.74) is 0. The first kappa shape index (κ1) is 18.9. The minimum atomic E-state index is -3.55. The molecule has 0 atom stereocenters. The van der Waals surface area contributed by atoms with E-state index in [-0.39, 0.29) is 23.0 Å².